The molecule has 0 aromatic carbocycles. The Bertz CT molecular complexity index is 138. The number of methoxy groups -OCH3 is 1. The van der Waals surface area contributed by atoms with Crippen LogP contribution in [0, 0.1) is 5.92 Å². The second-order valence-corrected chi connectivity index (χ2v) is 4.49. The van der Waals surface area contributed by atoms with Gasteiger partial charge < -0.3 is 10.1 Å². The van der Waals surface area contributed by atoms with Crippen molar-refractivity contribution < 1.29 is 4.74 Å². The van der Waals surface area contributed by atoms with E-state index in [1.54, 1.807) is 7.11 Å². The lowest BCUT2D eigenvalue weighted by atomic mass is 9.90. The smallest absolute Gasteiger partial charge is 0.0696 e. The predicted molar refractivity (Wildman–Crippen MR) is 67.2 cm³/mol. The molecule has 0 bridgehead atoms. The summed E-state index contributed by atoms with van der Waals surface area (Å²) in [6.45, 7) is 6.71. The van der Waals surface area contributed by atoms with Gasteiger partial charge in [0.1, 0.15) is 0 Å². The summed E-state index contributed by atoms with van der Waals surface area (Å²) in [5.41, 5.74) is 0. The Morgan fingerprint density at radius 3 is 2.33 bits per heavy atom. The molecule has 0 aliphatic rings. The average molecular weight is 215 g/mol. The number of unbranched alkanes of at least 4 members (excludes halogenated alkanes) is 1. The summed E-state index contributed by atoms with van der Waals surface area (Å²) in [6, 6.07) is 0.497. The van der Waals surface area contributed by atoms with Crippen LogP contribution >= 0.6 is 0 Å². The fourth-order valence-electron chi connectivity index (χ4n) is 2.05. The van der Waals surface area contributed by atoms with Gasteiger partial charge in [-0.15, -0.1) is 0 Å². The molecule has 15 heavy (non-hydrogen) atoms. The van der Waals surface area contributed by atoms with Crippen molar-refractivity contribution >= 4 is 0 Å². The molecule has 92 valence electrons. The number of ether oxygens (including phenoxy) is 1. The normalized spacial score (nSPS) is 17.4. The largest absolute Gasteiger partial charge is 0.380 e. The number of hydrogen-bond donors (Lipinski definition) is 1. The molecule has 0 aromatic rings. The molecule has 0 heterocycles. The highest BCUT2D eigenvalue weighted by Gasteiger charge is 2.18. The minimum Gasteiger partial charge on any atom is -0.380 e. The van der Waals surface area contributed by atoms with Crippen LogP contribution in [0.3, 0.4) is 0 Å². The van der Waals surface area contributed by atoms with E-state index in [0.29, 0.717) is 12.1 Å². The number of nitrogens with one attached hydrogen (secondary N) is 1. The Hall–Kier alpha value is -0.0800. The summed E-state index contributed by atoms with van der Waals surface area (Å²) in [4.78, 5) is 0. The Morgan fingerprint density at radius 1 is 1.27 bits per heavy atom. The van der Waals surface area contributed by atoms with Gasteiger partial charge in [0.15, 0.2) is 0 Å². The standard InChI is InChI=1S/C13H29NO/c1-6-8-9-12(7-2)10-13(14-4)11(3)15-5/h11-14H,6-10H2,1-5H3. The summed E-state index contributed by atoms with van der Waals surface area (Å²) in [6.07, 6.45) is 6.86. The van der Waals surface area contributed by atoms with E-state index in [0.717, 1.165) is 5.92 Å². The van der Waals surface area contributed by atoms with Gasteiger partial charge in [-0.3, -0.25) is 0 Å². The molecule has 0 fully saturated rings. The van der Waals surface area contributed by atoms with Gasteiger partial charge in [0, 0.05) is 13.2 Å². The van der Waals surface area contributed by atoms with Gasteiger partial charge in [-0.2, -0.15) is 0 Å². The lowest BCUT2D eigenvalue weighted by Crippen LogP contribution is -2.38. The molecule has 3 atom stereocenters. The van der Waals surface area contributed by atoms with E-state index in [-0.39, 0.29) is 0 Å². The van der Waals surface area contributed by atoms with Crippen LogP contribution in [-0.4, -0.2) is 26.3 Å². The van der Waals surface area contributed by atoms with Crippen molar-refractivity contribution in [3.8, 4) is 0 Å². The van der Waals surface area contributed by atoms with Crippen molar-refractivity contribution in [2.24, 2.45) is 5.92 Å². The van der Waals surface area contributed by atoms with Crippen LogP contribution in [0.2, 0.25) is 0 Å². The summed E-state index contributed by atoms with van der Waals surface area (Å²) >= 11 is 0. The molecular formula is C13H29NO. The maximum absolute atomic E-state index is 5.39. The fourth-order valence-corrected chi connectivity index (χ4v) is 2.05. The van der Waals surface area contributed by atoms with E-state index in [4.69, 9.17) is 4.74 Å². The van der Waals surface area contributed by atoms with Gasteiger partial charge in [0.05, 0.1) is 6.10 Å². The van der Waals surface area contributed by atoms with E-state index in [9.17, 15) is 0 Å². The first kappa shape index (κ1) is 14.9. The quantitative estimate of drug-likeness (QED) is 0.637. The summed E-state index contributed by atoms with van der Waals surface area (Å²) in [7, 11) is 3.83. The molecule has 0 spiro atoms. The Morgan fingerprint density at radius 2 is 1.93 bits per heavy atom. The van der Waals surface area contributed by atoms with Crippen molar-refractivity contribution in [1.82, 2.24) is 5.32 Å². The lowest BCUT2D eigenvalue weighted by molar-refractivity contribution is 0.0755. The molecule has 0 amide bonds. The second kappa shape index (κ2) is 9.17. The van der Waals surface area contributed by atoms with Crippen molar-refractivity contribution in [3.05, 3.63) is 0 Å². The maximum atomic E-state index is 5.39. The molecule has 2 nitrogen and oxygen atoms in total. The molecule has 0 saturated heterocycles. The fraction of sp³-hybridized carbons (Fsp3) is 1.00. The van der Waals surface area contributed by atoms with Crippen LogP contribution in [0.15, 0.2) is 0 Å². The minimum absolute atomic E-state index is 0.311. The van der Waals surface area contributed by atoms with E-state index >= 15 is 0 Å². The molecule has 0 rings (SSSR count). The van der Waals surface area contributed by atoms with Crippen LogP contribution in [-0.2, 0) is 4.74 Å². The number of rotatable bonds is 9. The number of hydrogen-bond acceptors (Lipinski definition) is 2. The minimum atomic E-state index is 0.311. The SMILES string of the molecule is CCCCC(CC)CC(NC)C(C)OC. The molecule has 0 saturated carbocycles. The summed E-state index contributed by atoms with van der Waals surface area (Å²) in [5, 5.41) is 3.37. The molecule has 0 aromatic heterocycles. The predicted octanol–water partition coefficient (Wildman–Crippen LogP) is 3.22. The molecule has 1 N–H and O–H groups in total. The Labute approximate surface area is 95.8 Å². The van der Waals surface area contributed by atoms with E-state index in [1.165, 1.54) is 32.1 Å². The number of likely N-dealkylation sites (N-methyl/N-ethyl adjacent to an activating group) is 1. The average Bonchev–Trinajstić information content (AvgIpc) is 2.28. The maximum Gasteiger partial charge on any atom is 0.0696 e. The Balaban J connectivity index is 3.99. The zero-order valence-corrected chi connectivity index (χ0v) is 11.2. The first-order valence-corrected chi connectivity index (χ1v) is 6.39. The summed E-state index contributed by atoms with van der Waals surface area (Å²) in [5.74, 6) is 0.847. The highest BCUT2D eigenvalue weighted by molar-refractivity contribution is 4.75. The first-order valence-electron chi connectivity index (χ1n) is 6.39. The van der Waals surface area contributed by atoms with Gasteiger partial charge in [-0.25, -0.2) is 0 Å². The third-order valence-corrected chi connectivity index (χ3v) is 3.44. The molecular weight excluding hydrogens is 186 g/mol. The molecule has 0 aliphatic heterocycles. The van der Waals surface area contributed by atoms with Crippen molar-refractivity contribution in [2.45, 2.75) is 65.0 Å². The molecule has 0 aliphatic carbocycles. The molecule has 2 heteroatoms. The molecule has 0 radical (unpaired) electrons. The molecule has 3 unspecified atom stereocenters. The van der Waals surface area contributed by atoms with Gasteiger partial charge in [-0.1, -0.05) is 39.5 Å². The van der Waals surface area contributed by atoms with Crippen LogP contribution < -0.4 is 5.32 Å². The lowest BCUT2D eigenvalue weighted by Gasteiger charge is -2.26. The third-order valence-electron chi connectivity index (χ3n) is 3.44. The summed E-state index contributed by atoms with van der Waals surface area (Å²) < 4.78 is 5.39. The van der Waals surface area contributed by atoms with Crippen LogP contribution in [0.1, 0.15) is 52.9 Å². The van der Waals surface area contributed by atoms with E-state index in [1.807, 2.05) is 7.05 Å². The van der Waals surface area contributed by atoms with Crippen LogP contribution in [0.5, 0.6) is 0 Å². The highest BCUT2D eigenvalue weighted by atomic mass is 16.5. The third kappa shape index (κ3) is 6.16. The monoisotopic (exact) mass is 215 g/mol. The van der Waals surface area contributed by atoms with Crippen LogP contribution in [0.25, 0.3) is 0 Å². The second-order valence-electron chi connectivity index (χ2n) is 4.49. The van der Waals surface area contributed by atoms with E-state index in [2.05, 4.69) is 26.1 Å². The van der Waals surface area contributed by atoms with Crippen molar-refractivity contribution in [2.75, 3.05) is 14.2 Å². The zero-order valence-electron chi connectivity index (χ0n) is 11.2. The zero-order chi connectivity index (χ0) is 11.7. The van der Waals surface area contributed by atoms with Crippen LogP contribution in [0.4, 0.5) is 0 Å². The van der Waals surface area contributed by atoms with Gasteiger partial charge in [0.25, 0.3) is 0 Å². The van der Waals surface area contributed by atoms with E-state index < -0.39 is 0 Å². The topological polar surface area (TPSA) is 21.3 Å². The van der Waals surface area contributed by atoms with Gasteiger partial charge in [0.2, 0.25) is 0 Å². The highest BCUT2D eigenvalue weighted by Crippen LogP contribution is 2.20. The Kier molecular flexibility index (Phi) is 9.12. The van der Waals surface area contributed by atoms with Crippen molar-refractivity contribution in [3.63, 3.8) is 0 Å². The van der Waals surface area contributed by atoms with Gasteiger partial charge in [-0.05, 0) is 26.3 Å². The van der Waals surface area contributed by atoms with Crippen molar-refractivity contribution in [1.29, 1.82) is 0 Å². The van der Waals surface area contributed by atoms with Gasteiger partial charge >= 0.3 is 0 Å². The first-order chi connectivity index (χ1) is 7.19.